The molecule has 1 heterocycles. The lowest BCUT2D eigenvalue weighted by Gasteiger charge is -2.05. The van der Waals surface area contributed by atoms with Crippen LogP contribution in [-0.2, 0) is 6.54 Å². The molecule has 2 rings (SSSR count). The summed E-state index contributed by atoms with van der Waals surface area (Å²) in [5.41, 5.74) is 6.85. The van der Waals surface area contributed by atoms with Crippen LogP contribution in [0.4, 0.5) is 5.69 Å². The number of benzene rings is 1. The Morgan fingerprint density at radius 1 is 1.22 bits per heavy atom. The van der Waals surface area contributed by atoms with Crippen molar-refractivity contribution in [1.82, 2.24) is 4.98 Å². The topological polar surface area (TPSA) is 88.0 Å². The smallest absolute Gasteiger partial charge is 0.261 e. The summed E-state index contributed by atoms with van der Waals surface area (Å²) in [6.07, 6.45) is 2.86. The van der Waals surface area contributed by atoms with Crippen molar-refractivity contribution in [2.75, 3.05) is 5.32 Å². The third-order valence-corrected chi connectivity index (χ3v) is 2.52. The molecule has 0 radical (unpaired) electrons. The van der Waals surface area contributed by atoms with E-state index < -0.39 is 5.91 Å². The maximum Gasteiger partial charge on any atom is 0.261 e. The van der Waals surface area contributed by atoms with Gasteiger partial charge in [-0.25, -0.2) is 0 Å². The van der Waals surface area contributed by atoms with Crippen LogP contribution in [0.3, 0.4) is 0 Å². The lowest BCUT2D eigenvalue weighted by molar-refractivity contribution is 0.102. The van der Waals surface area contributed by atoms with Crippen molar-refractivity contribution in [3.8, 4) is 0 Å². The summed E-state index contributed by atoms with van der Waals surface area (Å²) in [6, 6.07) is 8.45. The largest absolute Gasteiger partial charge is 0.367 e. The van der Waals surface area contributed by atoms with E-state index in [9.17, 15) is 9.59 Å². The Morgan fingerprint density at radius 3 is 2.56 bits per heavy atom. The van der Waals surface area contributed by atoms with Crippen molar-refractivity contribution >= 4 is 11.6 Å². The van der Waals surface area contributed by atoms with Gasteiger partial charge in [-0.1, -0.05) is 12.1 Å². The molecule has 18 heavy (non-hydrogen) atoms. The molecule has 0 atom stereocenters. The summed E-state index contributed by atoms with van der Waals surface area (Å²) in [7, 11) is 0. The average molecular weight is 243 g/mol. The predicted molar refractivity (Wildman–Crippen MR) is 69.3 cm³/mol. The maximum absolute atomic E-state index is 11.8. The van der Waals surface area contributed by atoms with Gasteiger partial charge in [0.05, 0.1) is 0 Å². The Bertz CT molecular complexity index is 602. The number of hydrogen-bond donors (Lipinski definition) is 3. The van der Waals surface area contributed by atoms with Crippen LogP contribution >= 0.6 is 0 Å². The lowest BCUT2D eigenvalue weighted by Crippen LogP contribution is -2.20. The zero-order chi connectivity index (χ0) is 13.0. The van der Waals surface area contributed by atoms with Crippen LogP contribution in [0.1, 0.15) is 15.9 Å². The lowest BCUT2D eigenvalue weighted by atomic mass is 10.2. The van der Waals surface area contributed by atoms with Gasteiger partial charge in [-0.2, -0.15) is 0 Å². The minimum atomic E-state index is -0.433. The van der Waals surface area contributed by atoms with Crippen LogP contribution in [0.15, 0.2) is 47.5 Å². The van der Waals surface area contributed by atoms with Crippen molar-refractivity contribution in [3.63, 3.8) is 0 Å². The number of pyridine rings is 1. The molecular formula is C13H13N3O2. The Hall–Kier alpha value is -2.40. The highest BCUT2D eigenvalue weighted by Gasteiger charge is 2.09. The second-order valence-corrected chi connectivity index (χ2v) is 3.78. The summed E-state index contributed by atoms with van der Waals surface area (Å²) >= 11 is 0. The summed E-state index contributed by atoms with van der Waals surface area (Å²) in [6.45, 7) is 0.451. The summed E-state index contributed by atoms with van der Waals surface area (Å²) in [5.74, 6) is -0.433. The quantitative estimate of drug-likeness (QED) is 0.753. The van der Waals surface area contributed by atoms with E-state index in [-0.39, 0.29) is 11.0 Å². The van der Waals surface area contributed by atoms with Gasteiger partial charge < -0.3 is 16.0 Å². The Balaban J connectivity index is 2.16. The third-order valence-electron chi connectivity index (χ3n) is 2.52. The number of H-pyrrole nitrogens is 1. The monoisotopic (exact) mass is 243 g/mol. The van der Waals surface area contributed by atoms with Crippen LogP contribution in [0.5, 0.6) is 0 Å². The number of hydrogen-bond acceptors (Lipinski definition) is 3. The number of nitrogens with one attached hydrogen (secondary N) is 2. The fourth-order valence-corrected chi connectivity index (χ4v) is 1.52. The number of rotatable bonds is 3. The molecule has 0 fully saturated rings. The molecule has 92 valence electrons. The van der Waals surface area contributed by atoms with Gasteiger partial charge in [0.15, 0.2) is 5.43 Å². The first-order chi connectivity index (χ1) is 8.70. The van der Waals surface area contributed by atoms with Crippen LogP contribution in [-0.4, -0.2) is 10.9 Å². The van der Waals surface area contributed by atoms with Gasteiger partial charge in [-0.3, -0.25) is 9.59 Å². The van der Waals surface area contributed by atoms with E-state index in [0.29, 0.717) is 12.2 Å². The van der Waals surface area contributed by atoms with E-state index in [0.717, 1.165) is 5.56 Å². The van der Waals surface area contributed by atoms with Crippen molar-refractivity contribution in [2.24, 2.45) is 5.73 Å². The third kappa shape index (κ3) is 2.64. The van der Waals surface area contributed by atoms with Crippen LogP contribution in [0.25, 0.3) is 0 Å². The van der Waals surface area contributed by atoms with Crippen molar-refractivity contribution in [2.45, 2.75) is 6.54 Å². The van der Waals surface area contributed by atoms with Crippen molar-refractivity contribution in [1.29, 1.82) is 0 Å². The Morgan fingerprint density at radius 2 is 1.94 bits per heavy atom. The highest BCUT2D eigenvalue weighted by Crippen LogP contribution is 2.09. The minimum Gasteiger partial charge on any atom is -0.367 e. The van der Waals surface area contributed by atoms with Gasteiger partial charge in [0, 0.05) is 30.7 Å². The van der Waals surface area contributed by atoms with Crippen molar-refractivity contribution in [3.05, 3.63) is 64.1 Å². The highest BCUT2D eigenvalue weighted by molar-refractivity contribution is 6.03. The van der Waals surface area contributed by atoms with Crippen LogP contribution < -0.4 is 16.5 Å². The zero-order valence-electron chi connectivity index (χ0n) is 9.64. The number of anilines is 1. The molecule has 0 spiro atoms. The van der Waals surface area contributed by atoms with E-state index in [1.807, 2.05) is 12.1 Å². The van der Waals surface area contributed by atoms with Crippen molar-refractivity contribution < 1.29 is 4.79 Å². The number of carbonyl (C=O) groups excluding carboxylic acids is 1. The molecular weight excluding hydrogens is 230 g/mol. The Kier molecular flexibility index (Phi) is 3.54. The van der Waals surface area contributed by atoms with E-state index in [1.165, 1.54) is 18.5 Å². The van der Waals surface area contributed by atoms with E-state index in [2.05, 4.69) is 10.3 Å². The molecule has 2 aromatic rings. The standard InChI is InChI=1S/C13H13N3O2/c14-7-9-1-3-10(4-2-9)16-13(18)11-8-15-6-5-12(11)17/h1-6,8H,7,14H2,(H,15,17)(H,16,18). The molecule has 1 aromatic heterocycles. The number of aromatic nitrogens is 1. The molecule has 0 aliphatic rings. The summed E-state index contributed by atoms with van der Waals surface area (Å²) in [4.78, 5) is 26.0. The maximum atomic E-state index is 11.8. The van der Waals surface area contributed by atoms with Gasteiger partial charge in [-0.15, -0.1) is 0 Å². The SMILES string of the molecule is NCc1ccc(NC(=O)c2c[nH]ccc2=O)cc1. The second-order valence-electron chi connectivity index (χ2n) is 3.78. The molecule has 5 nitrogen and oxygen atoms in total. The van der Waals surface area contributed by atoms with Gasteiger partial charge in [0.25, 0.3) is 5.91 Å². The van der Waals surface area contributed by atoms with Crippen LogP contribution in [0, 0.1) is 0 Å². The van der Waals surface area contributed by atoms with E-state index in [4.69, 9.17) is 5.73 Å². The highest BCUT2D eigenvalue weighted by atomic mass is 16.2. The summed E-state index contributed by atoms with van der Waals surface area (Å²) in [5, 5.41) is 2.65. The molecule has 1 amide bonds. The summed E-state index contributed by atoms with van der Waals surface area (Å²) < 4.78 is 0. The molecule has 1 aromatic carbocycles. The molecule has 0 saturated heterocycles. The molecule has 4 N–H and O–H groups in total. The molecule has 0 aliphatic heterocycles. The normalized spacial score (nSPS) is 10.1. The first kappa shape index (κ1) is 12.1. The van der Waals surface area contributed by atoms with E-state index in [1.54, 1.807) is 12.1 Å². The fraction of sp³-hybridized carbons (Fsp3) is 0.0769. The zero-order valence-corrected chi connectivity index (χ0v) is 9.64. The first-order valence-electron chi connectivity index (χ1n) is 5.48. The molecule has 5 heteroatoms. The second kappa shape index (κ2) is 5.29. The van der Waals surface area contributed by atoms with Crippen LogP contribution in [0.2, 0.25) is 0 Å². The van der Waals surface area contributed by atoms with Gasteiger partial charge in [0.2, 0.25) is 0 Å². The fourth-order valence-electron chi connectivity index (χ4n) is 1.52. The number of carbonyl (C=O) groups is 1. The van der Waals surface area contributed by atoms with Gasteiger partial charge in [-0.05, 0) is 17.7 Å². The number of aromatic amines is 1. The number of amides is 1. The van der Waals surface area contributed by atoms with Gasteiger partial charge in [0.1, 0.15) is 5.56 Å². The molecule has 0 unspecified atom stereocenters. The minimum absolute atomic E-state index is 0.0837. The molecule has 0 aliphatic carbocycles. The van der Waals surface area contributed by atoms with E-state index >= 15 is 0 Å². The number of nitrogens with two attached hydrogens (primary N) is 1. The average Bonchev–Trinajstić information content (AvgIpc) is 2.40. The molecule has 0 saturated carbocycles. The Labute approximate surface area is 104 Å². The predicted octanol–water partition coefficient (Wildman–Crippen LogP) is 1.09. The van der Waals surface area contributed by atoms with Gasteiger partial charge >= 0.3 is 0 Å². The molecule has 0 bridgehead atoms. The first-order valence-corrected chi connectivity index (χ1v) is 5.48.